The summed E-state index contributed by atoms with van der Waals surface area (Å²) in [5, 5.41) is 5.68. The average molecular weight is 295 g/mol. The molecule has 114 valence electrons. The molecule has 0 spiro atoms. The molecule has 0 radical (unpaired) electrons. The summed E-state index contributed by atoms with van der Waals surface area (Å²) in [7, 11) is 0. The third kappa shape index (κ3) is 4.55. The highest BCUT2D eigenvalue weighted by Crippen LogP contribution is 2.26. The lowest BCUT2D eigenvalue weighted by atomic mass is 10.1. The van der Waals surface area contributed by atoms with Crippen LogP contribution in [0.3, 0.4) is 0 Å². The van der Waals surface area contributed by atoms with Crippen molar-refractivity contribution in [1.82, 2.24) is 15.1 Å². The number of nitrogens with zero attached hydrogens (tertiary/aromatic N) is 2. The maximum absolute atomic E-state index is 3.47. The predicted octanol–water partition coefficient (Wildman–Crippen LogP) is 2.82. The van der Waals surface area contributed by atoms with Gasteiger partial charge >= 0.3 is 0 Å². The number of nitrogens with one attached hydrogen (secondary N) is 1. The van der Waals surface area contributed by atoms with E-state index in [1.807, 2.05) is 11.3 Å². The first kappa shape index (κ1) is 16.0. The van der Waals surface area contributed by atoms with Crippen molar-refractivity contribution in [2.45, 2.75) is 32.7 Å². The lowest BCUT2D eigenvalue weighted by molar-refractivity contribution is 0.126. The van der Waals surface area contributed by atoms with Crippen LogP contribution < -0.4 is 5.32 Å². The number of thiophene rings is 1. The van der Waals surface area contributed by atoms with Gasteiger partial charge in [0.1, 0.15) is 0 Å². The van der Waals surface area contributed by atoms with Crippen molar-refractivity contribution in [2.24, 2.45) is 0 Å². The fraction of sp³-hybridized carbons (Fsp3) is 0.750. The highest BCUT2D eigenvalue weighted by atomic mass is 32.1. The van der Waals surface area contributed by atoms with Crippen molar-refractivity contribution >= 4 is 11.3 Å². The molecule has 1 saturated heterocycles. The van der Waals surface area contributed by atoms with Crippen LogP contribution in [0.4, 0.5) is 0 Å². The molecule has 1 aliphatic rings. The van der Waals surface area contributed by atoms with E-state index >= 15 is 0 Å². The van der Waals surface area contributed by atoms with Crippen molar-refractivity contribution in [2.75, 3.05) is 45.8 Å². The Kier molecular flexibility index (Phi) is 7.00. The van der Waals surface area contributed by atoms with Gasteiger partial charge in [-0.05, 0) is 37.4 Å². The van der Waals surface area contributed by atoms with Gasteiger partial charge in [0.2, 0.25) is 0 Å². The van der Waals surface area contributed by atoms with Gasteiger partial charge in [0.05, 0.1) is 6.04 Å². The van der Waals surface area contributed by atoms with E-state index in [1.165, 1.54) is 50.4 Å². The summed E-state index contributed by atoms with van der Waals surface area (Å²) in [6.07, 6.45) is 2.50. The fourth-order valence-electron chi connectivity index (χ4n) is 3.03. The molecular formula is C16H29N3S. The van der Waals surface area contributed by atoms with Crippen LogP contribution in [0.2, 0.25) is 0 Å². The smallest absolute Gasteiger partial charge is 0.0569 e. The van der Waals surface area contributed by atoms with Crippen molar-refractivity contribution < 1.29 is 0 Å². The Morgan fingerprint density at radius 2 is 1.95 bits per heavy atom. The molecule has 0 bridgehead atoms. The first-order chi connectivity index (χ1) is 9.85. The molecule has 1 N–H and O–H groups in total. The Labute approximate surface area is 128 Å². The second-order valence-electron chi connectivity index (χ2n) is 5.62. The summed E-state index contributed by atoms with van der Waals surface area (Å²) < 4.78 is 0. The Morgan fingerprint density at radius 3 is 2.50 bits per heavy atom. The summed E-state index contributed by atoms with van der Waals surface area (Å²) in [6.45, 7) is 12.8. The minimum atomic E-state index is 0.579. The zero-order chi connectivity index (χ0) is 14.2. The molecule has 2 heterocycles. The van der Waals surface area contributed by atoms with Crippen LogP contribution in [-0.4, -0.2) is 55.6 Å². The van der Waals surface area contributed by atoms with E-state index in [4.69, 9.17) is 0 Å². The Bertz CT molecular complexity index is 341. The van der Waals surface area contributed by atoms with Crippen molar-refractivity contribution in [3.05, 3.63) is 22.4 Å². The standard InChI is InChI=1S/C16H29N3S/c1-3-9-18(10-4-2)14-15(16-6-5-13-20-16)19-11-7-17-8-12-19/h5-6,13,15,17H,3-4,7-12,14H2,1-2H3. The summed E-state index contributed by atoms with van der Waals surface area (Å²) in [5.41, 5.74) is 0. The van der Waals surface area contributed by atoms with Crippen LogP contribution >= 0.6 is 11.3 Å². The zero-order valence-electron chi connectivity index (χ0n) is 13.0. The largest absolute Gasteiger partial charge is 0.314 e. The summed E-state index contributed by atoms with van der Waals surface area (Å²) >= 11 is 1.91. The van der Waals surface area contributed by atoms with Gasteiger partial charge in [0, 0.05) is 37.6 Å². The van der Waals surface area contributed by atoms with Gasteiger partial charge in [-0.2, -0.15) is 0 Å². The zero-order valence-corrected chi connectivity index (χ0v) is 13.8. The molecule has 0 saturated carbocycles. The van der Waals surface area contributed by atoms with E-state index < -0.39 is 0 Å². The Balaban J connectivity index is 2.05. The van der Waals surface area contributed by atoms with E-state index in [2.05, 4.69) is 46.5 Å². The Morgan fingerprint density at radius 1 is 1.25 bits per heavy atom. The molecule has 0 amide bonds. The van der Waals surface area contributed by atoms with Gasteiger partial charge in [-0.1, -0.05) is 19.9 Å². The third-order valence-electron chi connectivity index (χ3n) is 3.97. The molecule has 1 aromatic heterocycles. The maximum atomic E-state index is 3.47. The summed E-state index contributed by atoms with van der Waals surface area (Å²) in [6, 6.07) is 5.09. The lowest BCUT2D eigenvalue weighted by Crippen LogP contribution is -2.48. The lowest BCUT2D eigenvalue weighted by Gasteiger charge is -2.37. The first-order valence-electron chi connectivity index (χ1n) is 8.05. The van der Waals surface area contributed by atoms with Crippen LogP contribution in [0, 0.1) is 0 Å². The molecule has 1 atom stereocenters. The van der Waals surface area contributed by atoms with Gasteiger partial charge in [0.25, 0.3) is 0 Å². The van der Waals surface area contributed by atoms with E-state index in [9.17, 15) is 0 Å². The van der Waals surface area contributed by atoms with E-state index in [-0.39, 0.29) is 0 Å². The van der Waals surface area contributed by atoms with Crippen molar-refractivity contribution in [3.63, 3.8) is 0 Å². The molecule has 3 nitrogen and oxygen atoms in total. The van der Waals surface area contributed by atoms with Crippen molar-refractivity contribution in [1.29, 1.82) is 0 Å². The highest BCUT2D eigenvalue weighted by Gasteiger charge is 2.24. The van der Waals surface area contributed by atoms with E-state index in [1.54, 1.807) is 0 Å². The molecule has 20 heavy (non-hydrogen) atoms. The second-order valence-corrected chi connectivity index (χ2v) is 6.60. The van der Waals surface area contributed by atoms with Crippen LogP contribution in [0.1, 0.15) is 37.6 Å². The molecular weight excluding hydrogens is 266 g/mol. The fourth-order valence-corrected chi connectivity index (χ4v) is 3.88. The summed E-state index contributed by atoms with van der Waals surface area (Å²) in [5.74, 6) is 0. The third-order valence-corrected chi connectivity index (χ3v) is 4.95. The average Bonchev–Trinajstić information content (AvgIpc) is 3.00. The molecule has 4 heteroatoms. The molecule has 1 fully saturated rings. The number of hydrogen-bond acceptors (Lipinski definition) is 4. The van der Waals surface area contributed by atoms with Gasteiger partial charge in [0.15, 0.2) is 0 Å². The quantitative estimate of drug-likeness (QED) is 0.795. The molecule has 0 aromatic carbocycles. The highest BCUT2D eigenvalue weighted by molar-refractivity contribution is 7.10. The van der Waals surface area contributed by atoms with Gasteiger partial charge in [-0.25, -0.2) is 0 Å². The van der Waals surface area contributed by atoms with E-state index in [0.29, 0.717) is 6.04 Å². The number of hydrogen-bond donors (Lipinski definition) is 1. The Hall–Kier alpha value is -0.420. The van der Waals surface area contributed by atoms with Crippen LogP contribution in [0.5, 0.6) is 0 Å². The normalized spacial score (nSPS) is 18.6. The SMILES string of the molecule is CCCN(CCC)CC(c1cccs1)N1CCNCC1. The molecule has 1 unspecified atom stereocenters. The summed E-state index contributed by atoms with van der Waals surface area (Å²) in [4.78, 5) is 6.84. The van der Waals surface area contributed by atoms with Gasteiger partial charge < -0.3 is 10.2 Å². The second kappa shape index (κ2) is 8.78. The maximum Gasteiger partial charge on any atom is 0.0569 e. The minimum Gasteiger partial charge on any atom is -0.314 e. The van der Waals surface area contributed by atoms with Gasteiger partial charge in [-0.15, -0.1) is 11.3 Å². The predicted molar refractivity (Wildman–Crippen MR) is 88.5 cm³/mol. The molecule has 1 aromatic rings. The monoisotopic (exact) mass is 295 g/mol. The van der Waals surface area contributed by atoms with Crippen LogP contribution in [-0.2, 0) is 0 Å². The number of piperazine rings is 1. The van der Waals surface area contributed by atoms with E-state index in [0.717, 1.165) is 13.1 Å². The number of rotatable bonds is 8. The molecule has 1 aliphatic heterocycles. The topological polar surface area (TPSA) is 18.5 Å². The van der Waals surface area contributed by atoms with Crippen LogP contribution in [0.15, 0.2) is 17.5 Å². The van der Waals surface area contributed by atoms with Gasteiger partial charge in [-0.3, -0.25) is 4.90 Å². The first-order valence-corrected chi connectivity index (χ1v) is 8.93. The molecule has 0 aliphatic carbocycles. The minimum absolute atomic E-state index is 0.579. The molecule has 2 rings (SSSR count). The van der Waals surface area contributed by atoms with Crippen molar-refractivity contribution in [3.8, 4) is 0 Å². The van der Waals surface area contributed by atoms with Crippen LogP contribution in [0.25, 0.3) is 0 Å².